The van der Waals surface area contributed by atoms with Crippen LogP contribution in [0.15, 0.2) is 48.5 Å². The summed E-state index contributed by atoms with van der Waals surface area (Å²) in [6.45, 7) is 2.45. The first kappa shape index (κ1) is 15.5. The van der Waals surface area contributed by atoms with E-state index >= 15 is 0 Å². The zero-order valence-corrected chi connectivity index (χ0v) is 12.9. The molecule has 0 radical (unpaired) electrons. The molecule has 3 nitrogen and oxygen atoms in total. The van der Waals surface area contributed by atoms with E-state index in [0.717, 1.165) is 11.1 Å². The van der Waals surface area contributed by atoms with Crippen molar-refractivity contribution < 1.29 is 9.53 Å². The molecule has 0 fully saturated rings. The van der Waals surface area contributed by atoms with Crippen molar-refractivity contribution in [3.8, 4) is 0 Å². The lowest BCUT2D eigenvalue weighted by Gasteiger charge is -2.18. The number of methoxy groups -OCH3 is 1. The van der Waals surface area contributed by atoms with Crippen molar-refractivity contribution in [1.29, 1.82) is 0 Å². The van der Waals surface area contributed by atoms with Crippen LogP contribution >= 0.6 is 11.6 Å². The normalized spacial score (nSPS) is 12.0. The minimum absolute atomic E-state index is 0.137. The third-order valence-electron chi connectivity index (χ3n) is 3.37. The average molecular weight is 304 g/mol. The van der Waals surface area contributed by atoms with Gasteiger partial charge in [0.15, 0.2) is 0 Å². The number of rotatable bonds is 5. The highest BCUT2D eigenvalue weighted by Crippen LogP contribution is 2.19. The van der Waals surface area contributed by atoms with Gasteiger partial charge >= 0.3 is 0 Å². The van der Waals surface area contributed by atoms with Gasteiger partial charge in [0.1, 0.15) is 0 Å². The number of nitrogens with one attached hydrogen (secondary N) is 1. The number of halogens is 1. The van der Waals surface area contributed by atoms with E-state index in [1.807, 2.05) is 31.2 Å². The number of aryl methyl sites for hydroxylation is 1. The molecule has 110 valence electrons. The minimum atomic E-state index is -0.164. The van der Waals surface area contributed by atoms with Crippen LogP contribution in [-0.4, -0.2) is 19.6 Å². The lowest BCUT2D eigenvalue weighted by Crippen LogP contribution is -2.29. The van der Waals surface area contributed by atoms with Gasteiger partial charge in [-0.1, -0.05) is 35.9 Å². The average Bonchev–Trinajstić information content (AvgIpc) is 2.50. The Morgan fingerprint density at radius 1 is 1.19 bits per heavy atom. The molecule has 0 saturated heterocycles. The van der Waals surface area contributed by atoms with Gasteiger partial charge in [-0.2, -0.15) is 0 Å². The minimum Gasteiger partial charge on any atom is -0.375 e. The summed E-state index contributed by atoms with van der Waals surface area (Å²) in [6.07, 6.45) is -0.164. The maximum absolute atomic E-state index is 12.1. The van der Waals surface area contributed by atoms with Gasteiger partial charge in [-0.15, -0.1) is 0 Å². The van der Waals surface area contributed by atoms with E-state index in [9.17, 15) is 4.79 Å². The van der Waals surface area contributed by atoms with E-state index in [0.29, 0.717) is 17.1 Å². The number of hydrogen-bond donors (Lipinski definition) is 1. The maximum atomic E-state index is 12.1. The molecule has 2 aromatic carbocycles. The molecule has 1 N–H and O–H groups in total. The van der Waals surface area contributed by atoms with E-state index in [4.69, 9.17) is 16.3 Å². The fraction of sp³-hybridized carbons (Fsp3) is 0.235. The lowest BCUT2D eigenvalue weighted by atomic mass is 10.0. The largest absolute Gasteiger partial charge is 0.375 e. The monoisotopic (exact) mass is 303 g/mol. The zero-order chi connectivity index (χ0) is 15.2. The predicted octanol–water partition coefficient (Wildman–Crippen LogP) is 3.77. The van der Waals surface area contributed by atoms with E-state index in [1.54, 1.807) is 31.4 Å². The Hall–Kier alpha value is -1.84. The van der Waals surface area contributed by atoms with Crippen molar-refractivity contribution in [2.45, 2.75) is 13.0 Å². The summed E-state index contributed by atoms with van der Waals surface area (Å²) in [5.74, 6) is -0.137. The van der Waals surface area contributed by atoms with Gasteiger partial charge in [0.25, 0.3) is 5.91 Å². The van der Waals surface area contributed by atoms with Crippen molar-refractivity contribution in [2.24, 2.45) is 0 Å². The van der Waals surface area contributed by atoms with Crippen molar-refractivity contribution >= 4 is 17.5 Å². The van der Waals surface area contributed by atoms with Gasteiger partial charge in [0.2, 0.25) is 0 Å². The molecule has 1 atom stereocenters. The Balaban J connectivity index is 2.02. The van der Waals surface area contributed by atoms with Gasteiger partial charge < -0.3 is 10.1 Å². The fourth-order valence-electron chi connectivity index (χ4n) is 2.16. The second kappa shape index (κ2) is 7.25. The molecule has 0 aromatic heterocycles. The molecule has 0 spiro atoms. The third kappa shape index (κ3) is 4.06. The fourth-order valence-corrected chi connectivity index (χ4v) is 2.28. The predicted molar refractivity (Wildman–Crippen MR) is 84.7 cm³/mol. The van der Waals surface area contributed by atoms with Gasteiger partial charge in [-0.25, -0.2) is 0 Å². The molecule has 0 aliphatic rings. The van der Waals surface area contributed by atoms with E-state index in [2.05, 4.69) is 5.32 Å². The van der Waals surface area contributed by atoms with Crippen LogP contribution < -0.4 is 5.32 Å². The summed E-state index contributed by atoms with van der Waals surface area (Å²) < 4.78 is 5.49. The summed E-state index contributed by atoms with van der Waals surface area (Å²) in [4.78, 5) is 12.1. The number of benzene rings is 2. The van der Waals surface area contributed by atoms with Crippen LogP contribution in [0.3, 0.4) is 0 Å². The topological polar surface area (TPSA) is 38.3 Å². The van der Waals surface area contributed by atoms with Crippen LogP contribution in [0.25, 0.3) is 0 Å². The Morgan fingerprint density at radius 2 is 1.86 bits per heavy atom. The van der Waals surface area contributed by atoms with E-state index in [1.165, 1.54) is 0 Å². The zero-order valence-electron chi connectivity index (χ0n) is 12.1. The molecule has 1 amide bonds. The van der Waals surface area contributed by atoms with Crippen molar-refractivity contribution in [3.63, 3.8) is 0 Å². The highest BCUT2D eigenvalue weighted by atomic mass is 35.5. The summed E-state index contributed by atoms with van der Waals surface area (Å²) in [6, 6.07) is 14.8. The Bertz CT molecular complexity index is 610. The SMILES string of the molecule is COC(CNC(=O)c1ccc(Cl)cc1)c1ccccc1C. The van der Waals surface area contributed by atoms with Gasteiger partial charge in [-0.3, -0.25) is 4.79 Å². The van der Waals surface area contributed by atoms with Gasteiger partial charge in [0, 0.05) is 24.2 Å². The number of amides is 1. The number of hydrogen-bond acceptors (Lipinski definition) is 2. The standard InChI is InChI=1S/C17H18ClNO2/c1-12-5-3-4-6-15(12)16(21-2)11-19-17(20)13-7-9-14(18)10-8-13/h3-10,16H,11H2,1-2H3,(H,19,20). The molecule has 0 saturated carbocycles. The molecular formula is C17H18ClNO2. The van der Waals surface area contributed by atoms with Crippen molar-refractivity contribution in [2.75, 3.05) is 13.7 Å². The van der Waals surface area contributed by atoms with Crippen LogP contribution in [-0.2, 0) is 4.74 Å². The summed E-state index contributed by atoms with van der Waals surface area (Å²) in [7, 11) is 1.64. The lowest BCUT2D eigenvalue weighted by molar-refractivity contribution is 0.0826. The maximum Gasteiger partial charge on any atom is 0.251 e. The number of carbonyl (C=O) groups excluding carboxylic acids is 1. The first-order valence-corrected chi connectivity index (χ1v) is 7.11. The quantitative estimate of drug-likeness (QED) is 0.913. The molecule has 0 aliphatic carbocycles. The smallest absolute Gasteiger partial charge is 0.251 e. The van der Waals surface area contributed by atoms with Crippen molar-refractivity contribution in [3.05, 3.63) is 70.2 Å². The molecule has 2 aromatic rings. The highest BCUT2D eigenvalue weighted by Gasteiger charge is 2.14. The van der Waals surface area contributed by atoms with Crippen LogP contribution in [0, 0.1) is 6.92 Å². The molecule has 2 rings (SSSR count). The summed E-state index contributed by atoms with van der Waals surface area (Å²) >= 11 is 5.81. The molecule has 4 heteroatoms. The molecule has 1 unspecified atom stereocenters. The molecule has 0 aliphatic heterocycles. The van der Waals surface area contributed by atoms with Crippen LogP contribution in [0.5, 0.6) is 0 Å². The second-order valence-electron chi connectivity index (χ2n) is 4.80. The van der Waals surface area contributed by atoms with Crippen LogP contribution in [0.4, 0.5) is 0 Å². The summed E-state index contributed by atoms with van der Waals surface area (Å²) in [5.41, 5.74) is 2.81. The second-order valence-corrected chi connectivity index (χ2v) is 5.23. The Labute approximate surface area is 129 Å². The first-order valence-electron chi connectivity index (χ1n) is 6.74. The third-order valence-corrected chi connectivity index (χ3v) is 3.63. The van der Waals surface area contributed by atoms with Crippen LogP contribution in [0.2, 0.25) is 5.02 Å². The Morgan fingerprint density at radius 3 is 2.48 bits per heavy atom. The van der Waals surface area contributed by atoms with Gasteiger partial charge in [-0.05, 0) is 42.3 Å². The van der Waals surface area contributed by atoms with E-state index in [-0.39, 0.29) is 12.0 Å². The van der Waals surface area contributed by atoms with E-state index < -0.39 is 0 Å². The summed E-state index contributed by atoms with van der Waals surface area (Å²) in [5, 5.41) is 3.50. The number of ether oxygens (including phenoxy) is 1. The molecular weight excluding hydrogens is 286 g/mol. The Kier molecular flexibility index (Phi) is 5.37. The molecule has 21 heavy (non-hydrogen) atoms. The van der Waals surface area contributed by atoms with Crippen LogP contribution in [0.1, 0.15) is 27.6 Å². The highest BCUT2D eigenvalue weighted by molar-refractivity contribution is 6.30. The van der Waals surface area contributed by atoms with Crippen molar-refractivity contribution in [1.82, 2.24) is 5.32 Å². The molecule has 0 heterocycles. The first-order chi connectivity index (χ1) is 10.1. The molecule has 0 bridgehead atoms. The number of carbonyl (C=O) groups is 1. The van der Waals surface area contributed by atoms with Gasteiger partial charge in [0.05, 0.1) is 6.10 Å².